The highest BCUT2D eigenvalue weighted by Gasteiger charge is 2.55. The molecule has 4 atom stereocenters. The summed E-state index contributed by atoms with van der Waals surface area (Å²) in [5.74, 6) is -0.648. The molecule has 13 heteroatoms. The van der Waals surface area contributed by atoms with Crippen molar-refractivity contribution in [3.05, 3.63) is 29.8 Å². The van der Waals surface area contributed by atoms with E-state index in [1.807, 2.05) is 25.8 Å². The van der Waals surface area contributed by atoms with Crippen LogP contribution in [0.5, 0.6) is 0 Å². The SMILES string of the molecule is CO[C@@H](c1ccc(NC2NN(C3(CC#N)CCN(C(=O)OC(C)(C)C)CC3)C3CCNC(=O)C23)cc1)C(F)(F)F. The van der Waals surface area contributed by atoms with E-state index in [0.29, 0.717) is 44.6 Å². The minimum Gasteiger partial charge on any atom is -0.444 e. The third kappa shape index (κ3) is 6.29. The van der Waals surface area contributed by atoms with Crippen molar-refractivity contribution in [2.45, 2.75) is 82.1 Å². The number of amides is 2. The second-order valence-corrected chi connectivity index (χ2v) is 11.6. The number of nitrogens with zero attached hydrogens (tertiary/aromatic N) is 3. The van der Waals surface area contributed by atoms with Gasteiger partial charge in [0.05, 0.1) is 23.9 Å². The van der Waals surface area contributed by atoms with E-state index in [0.717, 1.165) is 7.11 Å². The summed E-state index contributed by atoms with van der Waals surface area (Å²) >= 11 is 0. The highest BCUT2D eigenvalue weighted by Crippen LogP contribution is 2.41. The maximum absolute atomic E-state index is 13.3. The Labute approximate surface area is 232 Å². The number of alkyl halides is 3. The summed E-state index contributed by atoms with van der Waals surface area (Å²) in [4.78, 5) is 27.3. The van der Waals surface area contributed by atoms with Crippen LogP contribution in [0.15, 0.2) is 24.3 Å². The van der Waals surface area contributed by atoms with Crippen LogP contribution in [-0.4, -0.2) is 78.2 Å². The molecule has 0 saturated carbocycles. The van der Waals surface area contributed by atoms with Gasteiger partial charge in [0.1, 0.15) is 11.8 Å². The standard InChI is InChI=1S/C27H37F3N6O4/c1-25(2,3)40-24(38)35-15-11-26(10-13-31,12-16-35)36-19-9-14-32-23(37)20(19)22(34-36)33-18-7-5-17(6-8-18)21(39-4)27(28,29)30/h5-8,19-22,33-34H,9-12,14-16H2,1-4H3,(H,32,37)/t19?,20?,21-,22?/m0/s1. The topological polar surface area (TPSA) is 119 Å². The van der Waals surface area contributed by atoms with Gasteiger partial charge in [-0.15, -0.1) is 0 Å². The van der Waals surface area contributed by atoms with Gasteiger partial charge in [0.2, 0.25) is 5.91 Å². The largest absolute Gasteiger partial charge is 0.444 e. The normalized spacial score (nSPS) is 25.9. The van der Waals surface area contributed by atoms with Gasteiger partial charge in [-0.25, -0.2) is 15.2 Å². The van der Waals surface area contributed by atoms with E-state index >= 15 is 0 Å². The molecular formula is C27H37F3N6O4. The number of benzene rings is 1. The first-order valence-corrected chi connectivity index (χ1v) is 13.4. The zero-order chi connectivity index (χ0) is 29.3. The molecule has 3 N–H and O–H groups in total. The summed E-state index contributed by atoms with van der Waals surface area (Å²) in [6.45, 7) is 6.72. The lowest BCUT2D eigenvalue weighted by Crippen LogP contribution is -2.62. The molecule has 220 valence electrons. The highest BCUT2D eigenvalue weighted by atomic mass is 19.4. The van der Waals surface area contributed by atoms with Gasteiger partial charge in [0.25, 0.3) is 0 Å². The fourth-order valence-corrected chi connectivity index (χ4v) is 5.89. The molecule has 3 heterocycles. The van der Waals surface area contributed by atoms with Crippen molar-refractivity contribution < 1.29 is 32.2 Å². The van der Waals surface area contributed by atoms with Crippen LogP contribution in [0.25, 0.3) is 0 Å². The number of fused-ring (bicyclic) bond motifs is 1. The number of hydrazine groups is 1. The molecule has 0 aromatic heterocycles. The van der Waals surface area contributed by atoms with Gasteiger partial charge in [-0.3, -0.25) is 4.79 Å². The summed E-state index contributed by atoms with van der Waals surface area (Å²) < 4.78 is 50.0. The number of piperidine rings is 2. The van der Waals surface area contributed by atoms with Crippen molar-refractivity contribution in [1.29, 1.82) is 5.26 Å². The summed E-state index contributed by atoms with van der Waals surface area (Å²) in [6, 6.07) is 7.83. The number of hydrogen-bond acceptors (Lipinski definition) is 8. The van der Waals surface area contributed by atoms with E-state index in [9.17, 15) is 28.0 Å². The van der Waals surface area contributed by atoms with E-state index in [1.54, 1.807) is 4.90 Å². The van der Waals surface area contributed by atoms with Crippen LogP contribution in [0.1, 0.15) is 58.1 Å². The number of methoxy groups -OCH3 is 1. The molecule has 3 unspecified atom stereocenters. The monoisotopic (exact) mass is 566 g/mol. The molecule has 0 spiro atoms. The molecule has 4 rings (SSSR count). The quantitative estimate of drug-likeness (QED) is 0.477. The Hall–Kier alpha value is -3.08. The van der Waals surface area contributed by atoms with E-state index in [1.165, 1.54) is 24.3 Å². The number of nitriles is 1. The number of nitrogens with one attached hydrogen (secondary N) is 3. The van der Waals surface area contributed by atoms with Gasteiger partial charge >= 0.3 is 12.3 Å². The molecule has 3 saturated heterocycles. The maximum atomic E-state index is 13.3. The fourth-order valence-electron chi connectivity index (χ4n) is 5.89. The van der Waals surface area contributed by atoms with Gasteiger partial charge in [-0.2, -0.15) is 18.4 Å². The number of halogens is 3. The van der Waals surface area contributed by atoms with Crippen molar-refractivity contribution in [2.75, 3.05) is 32.1 Å². The van der Waals surface area contributed by atoms with Crippen molar-refractivity contribution in [3.8, 4) is 6.07 Å². The fraction of sp³-hybridized carbons (Fsp3) is 0.667. The molecule has 0 radical (unpaired) electrons. The number of ether oxygens (including phenoxy) is 2. The van der Waals surface area contributed by atoms with E-state index in [4.69, 9.17) is 4.74 Å². The van der Waals surface area contributed by atoms with Crippen LogP contribution in [0.4, 0.5) is 23.7 Å². The molecule has 2 amide bonds. The minimum absolute atomic E-state index is 0.0282. The molecule has 3 fully saturated rings. The van der Waals surface area contributed by atoms with Crippen molar-refractivity contribution >= 4 is 17.7 Å². The minimum atomic E-state index is -4.54. The van der Waals surface area contributed by atoms with E-state index in [2.05, 4.69) is 26.9 Å². The molecule has 3 aliphatic rings. The molecule has 0 bridgehead atoms. The number of likely N-dealkylation sites (tertiary alicyclic amines) is 1. The molecule has 3 aliphatic heterocycles. The second-order valence-electron chi connectivity index (χ2n) is 11.6. The number of carbonyl (C=O) groups is 2. The van der Waals surface area contributed by atoms with Gasteiger partial charge in [-0.1, -0.05) is 12.1 Å². The molecule has 1 aromatic carbocycles. The molecule has 40 heavy (non-hydrogen) atoms. The van der Waals surface area contributed by atoms with Crippen LogP contribution in [0.2, 0.25) is 0 Å². The lowest BCUT2D eigenvalue weighted by molar-refractivity contribution is -0.215. The van der Waals surface area contributed by atoms with Gasteiger partial charge in [0.15, 0.2) is 6.10 Å². The number of rotatable bonds is 6. The molecule has 10 nitrogen and oxygen atoms in total. The predicted molar refractivity (Wildman–Crippen MR) is 140 cm³/mol. The van der Waals surface area contributed by atoms with E-state index < -0.39 is 41.6 Å². The van der Waals surface area contributed by atoms with Gasteiger partial charge in [-0.05, 0) is 57.7 Å². The third-order valence-corrected chi connectivity index (χ3v) is 7.76. The van der Waals surface area contributed by atoms with Crippen molar-refractivity contribution in [2.24, 2.45) is 5.92 Å². The summed E-state index contributed by atoms with van der Waals surface area (Å²) in [7, 11) is 1.01. The maximum Gasteiger partial charge on any atom is 0.418 e. The lowest BCUT2D eigenvalue weighted by atomic mass is 9.81. The van der Waals surface area contributed by atoms with Crippen LogP contribution in [0, 0.1) is 17.2 Å². The average Bonchev–Trinajstić information content (AvgIpc) is 3.24. The third-order valence-electron chi connectivity index (χ3n) is 7.76. The average molecular weight is 567 g/mol. The Morgan fingerprint density at radius 1 is 1.23 bits per heavy atom. The Kier molecular flexibility index (Phi) is 8.54. The van der Waals surface area contributed by atoms with Crippen molar-refractivity contribution in [1.82, 2.24) is 20.7 Å². The highest BCUT2D eigenvalue weighted by molar-refractivity contribution is 5.82. The number of anilines is 1. The summed E-state index contributed by atoms with van der Waals surface area (Å²) in [5.41, 5.74) is 2.70. The molecule has 0 aliphatic carbocycles. The number of hydrogen-bond donors (Lipinski definition) is 3. The molecule has 1 aromatic rings. The summed E-state index contributed by atoms with van der Waals surface area (Å²) in [6.07, 6.45) is -5.66. The number of carbonyl (C=O) groups excluding carboxylic acids is 2. The van der Waals surface area contributed by atoms with Crippen LogP contribution >= 0.6 is 0 Å². The van der Waals surface area contributed by atoms with Crippen LogP contribution < -0.4 is 16.1 Å². The first-order valence-electron chi connectivity index (χ1n) is 13.4. The van der Waals surface area contributed by atoms with Crippen LogP contribution in [0.3, 0.4) is 0 Å². The predicted octanol–water partition coefficient (Wildman–Crippen LogP) is 3.68. The second kappa shape index (κ2) is 11.4. The Balaban J connectivity index is 1.53. The molecular weight excluding hydrogens is 529 g/mol. The first-order chi connectivity index (χ1) is 18.8. The van der Waals surface area contributed by atoms with Crippen molar-refractivity contribution in [3.63, 3.8) is 0 Å². The Bertz CT molecular complexity index is 1110. The van der Waals surface area contributed by atoms with E-state index in [-0.39, 0.29) is 23.9 Å². The van der Waals surface area contributed by atoms with Gasteiger partial charge in [0, 0.05) is 38.5 Å². The zero-order valence-electron chi connectivity index (χ0n) is 23.2. The van der Waals surface area contributed by atoms with Crippen LogP contribution in [-0.2, 0) is 14.3 Å². The summed E-state index contributed by atoms with van der Waals surface area (Å²) in [5, 5.41) is 18.0. The Morgan fingerprint density at radius 3 is 2.42 bits per heavy atom. The first kappa shape index (κ1) is 29.9. The Morgan fingerprint density at radius 2 is 1.88 bits per heavy atom. The zero-order valence-corrected chi connectivity index (χ0v) is 23.2. The smallest absolute Gasteiger partial charge is 0.418 e. The van der Waals surface area contributed by atoms with Gasteiger partial charge < -0.3 is 25.0 Å². The lowest BCUT2D eigenvalue weighted by Gasteiger charge is -2.48.